The zero-order valence-corrected chi connectivity index (χ0v) is 15.9. The van der Waals surface area contributed by atoms with E-state index in [-0.39, 0.29) is 11.5 Å². The van der Waals surface area contributed by atoms with Crippen molar-refractivity contribution in [2.45, 2.75) is 84.5 Å². The Bertz CT molecular complexity index is 360. The van der Waals surface area contributed by atoms with Gasteiger partial charge >= 0.3 is 11.9 Å². The molecule has 0 rings (SSSR count). The minimum absolute atomic E-state index is 0.176. The molecule has 140 valence electrons. The highest BCUT2D eigenvalue weighted by Gasteiger charge is 2.05. The molecule has 0 radical (unpaired) electrons. The molecule has 0 amide bonds. The quantitative estimate of drug-likeness (QED) is 0.266. The van der Waals surface area contributed by atoms with Crippen molar-refractivity contribution in [1.29, 1.82) is 0 Å². The van der Waals surface area contributed by atoms with E-state index in [9.17, 15) is 9.59 Å². The maximum atomic E-state index is 11.1. The number of esters is 1. The lowest BCUT2D eigenvalue weighted by molar-refractivity contribution is -0.136. The highest BCUT2D eigenvalue weighted by Crippen LogP contribution is 2.13. The van der Waals surface area contributed by atoms with Crippen LogP contribution in [0.15, 0.2) is 24.3 Å². The highest BCUT2D eigenvalue weighted by molar-refractivity contribution is 5.87. The van der Waals surface area contributed by atoms with E-state index in [1.54, 1.807) is 0 Å². The minimum atomic E-state index is -0.935. The van der Waals surface area contributed by atoms with Crippen LogP contribution < -0.4 is 0 Å². The van der Waals surface area contributed by atoms with Crippen molar-refractivity contribution >= 4 is 11.9 Å². The topological polar surface area (TPSA) is 63.6 Å². The predicted molar refractivity (Wildman–Crippen MR) is 100 cm³/mol. The van der Waals surface area contributed by atoms with E-state index < -0.39 is 5.97 Å². The summed E-state index contributed by atoms with van der Waals surface area (Å²) in [6.45, 7) is 10.6. The number of methoxy groups -OCH3 is 1. The average Bonchev–Trinajstić information content (AvgIpc) is 2.56. The van der Waals surface area contributed by atoms with Crippen LogP contribution in [-0.2, 0) is 14.3 Å². The maximum Gasteiger partial charge on any atom is 0.333 e. The largest absolute Gasteiger partial charge is 0.478 e. The molecule has 0 aromatic heterocycles. The fourth-order valence-electron chi connectivity index (χ4n) is 2.07. The first-order valence-corrected chi connectivity index (χ1v) is 9.01. The van der Waals surface area contributed by atoms with Gasteiger partial charge in [0.25, 0.3) is 0 Å². The lowest BCUT2D eigenvalue weighted by Gasteiger charge is -2.04. The van der Waals surface area contributed by atoms with Gasteiger partial charge in [0.1, 0.15) is 0 Å². The molecule has 0 bridgehead atoms. The molecule has 0 fully saturated rings. The van der Waals surface area contributed by atoms with Crippen molar-refractivity contribution < 1.29 is 19.4 Å². The third-order valence-corrected chi connectivity index (χ3v) is 3.67. The number of hydrogen-bond donors (Lipinski definition) is 1. The van der Waals surface area contributed by atoms with Gasteiger partial charge in [-0.1, -0.05) is 77.9 Å². The number of carbonyl (C=O) groups is 2. The highest BCUT2D eigenvalue weighted by atomic mass is 16.5. The number of rotatable bonds is 13. The Balaban J connectivity index is 0. The molecule has 0 aromatic carbocycles. The van der Waals surface area contributed by atoms with Crippen molar-refractivity contribution in [3.8, 4) is 0 Å². The Labute approximate surface area is 148 Å². The molecule has 24 heavy (non-hydrogen) atoms. The summed E-state index contributed by atoms with van der Waals surface area (Å²) in [7, 11) is 1.41. The lowest BCUT2D eigenvalue weighted by Crippen LogP contribution is -2.03. The second-order valence-electron chi connectivity index (χ2n) is 6.11. The Morgan fingerprint density at radius 2 is 1.25 bits per heavy atom. The molecule has 0 aliphatic carbocycles. The van der Waals surface area contributed by atoms with Gasteiger partial charge < -0.3 is 9.84 Å². The van der Waals surface area contributed by atoms with Crippen LogP contribution in [0.25, 0.3) is 0 Å². The second kappa shape index (κ2) is 17.8. The van der Waals surface area contributed by atoms with Gasteiger partial charge in [-0.2, -0.15) is 0 Å². The van der Waals surface area contributed by atoms with Gasteiger partial charge in [-0.05, 0) is 19.8 Å². The van der Waals surface area contributed by atoms with Gasteiger partial charge in [0.2, 0.25) is 0 Å². The summed E-state index contributed by atoms with van der Waals surface area (Å²) < 4.78 is 4.62. The summed E-state index contributed by atoms with van der Waals surface area (Å²) in [6, 6.07) is 0. The summed E-state index contributed by atoms with van der Waals surface area (Å²) in [6.07, 6.45) is 13.9. The van der Waals surface area contributed by atoms with Crippen molar-refractivity contribution in [3.63, 3.8) is 0 Å². The van der Waals surface area contributed by atoms with Gasteiger partial charge in [0.15, 0.2) is 0 Å². The van der Waals surface area contributed by atoms with Crippen LogP contribution in [0.1, 0.15) is 84.5 Å². The normalized spacial score (nSPS) is 9.62. The van der Waals surface area contributed by atoms with Crippen molar-refractivity contribution in [1.82, 2.24) is 0 Å². The second-order valence-corrected chi connectivity index (χ2v) is 6.11. The van der Waals surface area contributed by atoms with E-state index in [0.29, 0.717) is 5.57 Å². The molecule has 0 aromatic rings. The van der Waals surface area contributed by atoms with E-state index >= 15 is 0 Å². The number of hydrogen-bond acceptors (Lipinski definition) is 3. The van der Waals surface area contributed by atoms with Crippen LogP contribution in [0.4, 0.5) is 0 Å². The van der Waals surface area contributed by atoms with E-state index in [1.165, 1.54) is 71.8 Å². The van der Waals surface area contributed by atoms with Gasteiger partial charge in [0.05, 0.1) is 7.11 Å². The third-order valence-electron chi connectivity index (χ3n) is 3.67. The molecule has 4 heteroatoms. The van der Waals surface area contributed by atoms with Crippen LogP contribution in [0.5, 0.6) is 0 Å². The molecule has 4 nitrogen and oxygen atoms in total. The first-order chi connectivity index (χ1) is 11.4. The first-order valence-electron chi connectivity index (χ1n) is 9.01. The number of carboxylic acids is 1. The molecular formula is C20H36O4. The number of ether oxygens (including phenoxy) is 1. The van der Waals surface area contributed by atoms with E-state index in [1.807, 2.05) is 0 Å². The monoisotopic (exact) mass is 340 g/mol. The summed E-state index contributed by atoms with van der Waals surface area (Å²) in [4.78, 5) is 20.7. The van der Waals surface area contributed by atoms with Crippen LogP contribution in [-0.4, -0.2) is 24.2 Å². The molecule has 1 N–H and O–H groups in total. The Kier molecular flexibility index (Phi) is 18.3. The number of unbranched alkanes of at least 4 members (excludes halogenated alkanes) is 9. The SMILES string of the molecule is C=C(C)C(=O)O.C=C(CCCCCCCCCCCC)C(=O)OC. The molecular weight excluding hydrogens is 304 g/mol. The fourth-order valence-corrected chi connectivity index (χ4v) is 2.07. The minimum Gasteiger partial charge on any atom is -0.478 e. The van der Waals surface area contributed by atoms with Crippen molar-refractivity contribution in [2.75, 3.05) is 7.11 Å². The maximum absolute atomic E-state index is 11.1. The van der Waals surface area contributed by atoms with Crippen LogP contribution >= 0.6 is 0 Å². The first kappa shape index (κ1) is 24.7. The summed E-state index contributed by atoms with van der Waals surface area (Å²) in [5, 5.41) is 7.89. The summed E-state index contributed by atoms with van der Waals surface area (Å²) in [5.41, 5.74) is 0.784. The predicted octanol–water partition coefficient (Wildman–Crippen LogP) is 5.67. The Hall–Kier alpha value is -1.58. The third kappa shape index (κ3) is 18.5. The smallest absolute Gasteiger partial charge is 0.333 e. The van der Waals surface area contributed by atoms with Crippen molar-refractivity contribution in [2.24, 2.45) is 0 Å². The number of carboxylic acid groups (broad SMARTS) is 1. The van der Waals surface area contributed by atoms with Crippen LogP contribution in [0.3, 0.4) is 0 Å². The average molecular weight is 341 g/mol. The van der Waals surface area contributed by atoms with Gasteiger partial charge in [-0.15, -0.1) is 0 Å². The lowest BCUT2D eigenvalue weighted by atomic mass is 10.0. The van der Waals surface area contributed by atoms with E-state index in [0.717, 1.165) is 12.8 Å². The van der Waals surface area contributed by atoms with E-state index in [4.69, 9.17) is 5.11 Å². The van der Waals surface area contributed by atoms with Crippen LogP contribution in [0.2, 0.25) is 0 Å². The summed E-state index contributed by atoms with van der Waals surface area (Å²) in [5.74, 6) is -1.19. The molecule has 0 saturated heterocycles. The molecule has 0 aliphatic rings. The molecule has 0 aliphatic heterocycles. The summed E-state index contributed by atoms with van der Waals surface area (Å²) >= 11 is 0. The van der Waals surface area contributed by atoms with E-state index in [2.05, 4.69) is 24.8 Å². The number of aliphatic carboxylic acids is 1. The molecule has 0 saturated carbocycles. The molecule has 0 atom stereocenters. The molecule has 0 spiro atoms. The Morgan fingerprint density at radius 1 is 0.875 bits per heavy atom. The zero-order chi connectivity index (χ0) is 18.8. The standard InChI is InChI=1S/C16H30O2.C4H6O2/c1-4-5-6-7-8-9-10-11-12-13-14-15(2)16(17)18-3;1-3(2)4(5)6/h2,4-14H2,1,3H3;1H2,2H3,(H,5,6). The molecule has 0 unspecified atom stereocenters. The van der Waals surface area contributed by atoms with Crippen molar-refractivity contribution in [3.05, 3.63) is 24.3 Å². The zero-order valence-electron chi connectivity index (χ0n) is 15.9. The molecule has 0 heterocycles. The fraction of sp³-hybridized carbons (Fsp3) is 0.700. The van der Waals surface area contributed by atoms with Gasteiger partial charge in [-0.25, -0.2) is 9.59 Å². The Morgan fingerprint density at radius 3 is 1.58 bits per heavy atom. The van der Waals surface area contributed by atoms with Crippen LogP contribution in [0, 0.1) is 0 Å². The van der Waals surface area contributed by atoms with Gasteiger partial charge in [0, 0.05) is 11.1 Å². The van der Waals surface area contributed by atoms with Gasteiger partial charge in [-0.3, -0.25) is 0 Å². The number of carbonyl (C=O) groups excluding carboxylic acids is 1.